The lowest BCUT2D eigenvalue weighted by Gasteiger charge is -2.21. The lowest BCUT2D eigenvalue weighted by atomic mass is 9.86. The van der Waals surface area contributed by atoms with E-state index in [1.165, 1.54) is 44.2 Å². The maximum absolute atomic E-state index is 11.8. The number of phenolic OH excluding ortho intramolecular Hbond substituents is 1. The Hall–Kier alpha value is -2.04. The van der Waals surface area contributed by atoms with Crippen LogP contribution in [0.1, 0.15) is 55.3 Å². The Morgan fingerprint density at radius 2 is 1.81 bits per heavy atom. The third-order valence-electron chi connectivity index (χ3n) is 3.97. The van der Waals surface area contributed by atoms with Crippen molar-refractivity contribution < 1.29 is 14.7 Å². The molecular formula is C16H22N2O3. The van der Waals surface area contributed by atoms with Gasteiger partial charge in [-0.25, -0.2) is 0 Å². The molecule has 1 saturated carbocycles. The van der Waals surface area contributed by atoms with Gasteiger partial charge in [0.25, 0.3) is 5.91 Å². The van der Waals surface area contributed by atoms with Crippen molar-refractivity contribution >= 4 is 11.8 Å². The molecule has 0 heterocycles. The van der Waals surface area contributed by atoms with E-state index in [1.807, 2.05) is 0 Å². The summed E-state index contributed by atoms with van der Waals surface area (Å²) in [4.78, 5) is 23.5. The van der Waals surface area contributed by atoms with Crippen LogP contribution in [0.5, 0.6) is 5.75 Å². The number of carbonyl (C=O) groups is 2. The molecule has 2 rings (SSSR count). The van der Waals surface area contributed by atoms with Gasteiger partial charge in [-0.3, -0.25) is 20.4 Å². The fraction of sp³-hybridized carbons (Fsp3) is 0.500. The molecule has 5 heteroatoms. The zero-order valence-corrected chi connectivity index (χ0v) is 12.1. The molecule has 0 radical (unpaired) electrons. The fourth-order valence-electron chi connectivity index (χ4n) is 2.73. The predicted octanol–water partition coefficient (Wildman–Crippen LogP) is 2.51. The normalized spacial score (nSPS) is 15.4. The van der Waals surface area contributed by atoms with Gasteiger partial charge in [-0.05, 0) is 24.5 Å². The van der Waals surface area contributed by atoms with Crippen molar-refractivity contribution in [2.45, 2.75) is 44.9 Å². The van der Waals surface area contributed by atoms with E-state index in [9.17, 15) is 14.7 Å². The molecule has 5 nitrogen and oxygen atoms in total. The van der Waals surface area contributed by atoms with Crippen LogP contribution in [0.4, 0.5) is 0 Å². The van der Waals surface area contributed by atoms with Crippen molar-refractivity contribution in [3.63, 3.8) is 0 Å². The fourth-order valence-corrected chi connectivity index (χ4v) is 2.73. The largest absolute Gasteiger partial charge is 0.507 e. The van der Waals surface area contributed by atoms with Crippen LogP contribution >= 0.6 is 0 Å². The lowest BCUT2D eigenvalue weighted by molar-refractivity contribution is -0.122. The van der Waals surface area contributed by atoms with Gasteiger partial charge in [-0.1, -0.05) is 44.2 Å². The van der Waals surface area contributed by atoms with Crippen LogP contribution in [0.25, 0.3) is 0 Å². The van der Waals surface area contributed by atoms with Gasteiger partial charge in [0.1, 0.15) is 5.75 Å². The zero-order chi connectivity index (χ0) is 15.1. The van der Waals surface area contributed by atoms with Gasteiger partial charge in [0.2, 0.25) is 5.91 Å². The van der Waals surface area contributed by atoms with E-state index in [0.29, 0.717) is 12.3 Å². The second-order valence-corrected chi connectivity index (χ2v) is 5.56. The third kappa shape index (κ3) is 4.77. The second kappa shape index (κ2) is 7.67. The van der Waals surface area contributed by atoms with Gasteiger partial charge in [-0.15, -0.1) is 0 Å². The Morgan fingerprint density at radius 3 is 2.52 bits per heavy atom. The quantitative estimate of drug-likeness (QED) is 0.746. The molecule has 0 bridgehead atoms. The van der Waals surface area contributed by atoms with Crippen LogP contribution < -0.4 is 10.9 Å². The highest BCUT2D eigenvalue weighted by Crippen LogP contribution is 2.27. The van der Waals surface area contributed by atoms with E-state index in [4.69, 9.17) is 0 Å². The number of carbonyl (C=O) groups excluding carboxylic acids is 2. The first-order valence-electron chi connectivity index (χ1n) is 7.54. The average Bonchev–Trinajstić information content (AvgIpc) is 2.52. The number of phenols is 1. The molecule has 0 unspecified atom stereocenters. The summed E-state index contributed by atoms with van der Waals surface area (Å²) in [5, 5.41) is 9.55. The summed E-state index contributed by atoms with van der Waals surface area (Å²) in [5.74, 6) is -0.173. The second-order valence-electron chi connectivity index (χ2n) is 5.56. The predicted molar refractivity (Wildman–Crippen MR) is 79.5 cm³/mol. The van der Waals surface area contributed by atoms with Crippen molar-refractivity contribution in [1.82, 2.24) is 10.9 Å². The Morgan fingerprint density at radius 1 is 1.10 bits per heavy atom. The number of amides is 2. The van der Waals surface area contributed by atoms with Crippen molar-refractivity contribution in [2.75, 3.05) is 0 Å². The molecule has 1 aliphatic rings. The van der Waals surface area contributed by atoms with E-state index < -0.39 is 5.91 Å². The highest BCUT2D eigenvalue weighted by molar-refractivity contribution is 5.97. The topological polar surface area (TPSA) is 78.4 Å². The first-order chi connectivity index (χ1) is 10.2. The molecule has 2 amide bonds. The van der Waals surface area contributed by atoms with E-state index in [-0.39, 0.29) is 17.2 Å². The number of nitrogens with one attached hydrogen (secondary N) is 2. The number of rotatable bonds is 4. The standard InChI is InChI=1S/C16H22N2O3/c19-14-9-5-4-8-13(14)16(21)18-17-15(20)11-10-12-6-2-1-3-7-12/h4-5,8-9,12,19H,1-3,6-7,10-11H2,(H,17,20)(H,18,21). The Kier molecular flexibility index (Phi) is 5.60. The lowest BCUT2D eigenvalue weighted by Crippen LogP contribution is -2.41. The number of benzene rings is 1. The van der Waals surface area contributed by atoms with Gasteiger partial charge in [0.05, 0.1) is 5.56 Å². The number of hydrazine groups is 1. The Labute approximate surface area is 124 Å². The maximum Gasteiger partial charge on any atom is 0.273 e. The molecule has 0 saturated heterocycles. The summed E-state index contributed by atoms with van der Waals surface area (Å²) >= 11 is 0. The van der Waals surface area contributed by atoms with Crippen molar-refractivity contribution in [2.24, 2.45) is 5.92 Å². The minimum absolute atomic E-state index is 0.105. The highest BCUT2D eigenvalue weighted by Gasteiger charge is 2.15. The SMILES string of the molecule is O=C(CCC1CCCCC1)NNC(=O)c1ccccc1O. The van der Waals surface area contributed by atoms with E-state index >= 15 is 0 Å². The summed E-state index contributed by atoms with van der Waals surface area (Å²) < 4.78 is 0. The summed E-state index contributed by atoms with van der Waals surface area (Å²) in [6, 6.07) is 6.22. The summed E-state index contributed by atoms with van der Waals surface area (Å²) in [7, 11) is 0. The van der Waals surface area contributed by atoms with E-state index in [0.717, 1.165) is 6.42 Å². The molecule has 0 aliphatic heterocycles. The molecule has 0 atom stereocenters. The van der Waals surface area contributed by atoms with Gasteiger partial charge in [0, 0.05) is 6.42 Å². The summed E-state index contributed by atoms with van der Waals surface area (Å²) in [5.41, 5.74) is 4.87. The van der Waals surface area contributed by atoms with Crippen molar-refractivity contribution in [1.29, 1.82) is 0 Å². The van der Waals surface area contributed by atoms with Crippen LogP contribution in [-0.4, -0.2) is 16.9 Å². The molecule has 0 aromatic heterocycles. The van der Waals surface area contributed by atoms with Crippen LogP contribution in [0.15, 0.2) is 24.3 Å². The molecular weight excluding hydrogens is 268 g/mol. The van der Waals surface area contributed by atoms with Crippen LogP contribution in [0.2, 0.25) is 0 Å². The average molecular weight is 290 g/mol. The smallest absolute Gasteiger partial charge is 0.273 e. The van der Waals surface area contributed by atoms with Crippen LogP contribution in [0, 0.1) is 5.92 Å². The number of aromatic hydroxyl groups is 1. The van der Waals surface area contributed by atoms with E-state index in [2.05, 4.69) is 10.9 Å². The van der Waals surface area contributed by atoms with Crippen LogP contribution in [0.3, 0.4) is 0 Å². The molecule has 1 fully saturated rings. The number of hydrogen-bond acceptors (Lipinski definition) is 3. The highest BCUT2D eigenvalue weighted by atomic mass is 16.3. The van der Waals surface area contributed by atoms with Crippen molar-refractivity contribution in [3.8, 4) is 5.75 Å². The Bertz CT molecular complexity index is 496. The maximum atomic E-state index is 11.8. The zero-order valence-electron chi connectivity index (χ0n) is 12.1. The summed E-state index contributed by atoms with van der Waals surface area (Å²) in [6.07, 6.45) is 7.53. The van der Waals surface area contributed by atoms with Crippen LogP contribution in [-0.2, 0) is 4.79 Å². The molecule has 1 aromatic carbocycles. The molecule has 21 heavy (non-hydrogen) atoms. The summed E-state index contributed by atoms with van der Waals surface area (Å²) in [6.45, 7) is 0. The van der Waals surface area contributed by atoms with Crippen molar-refractivity contribution in [3.05, 3.63) is 29.8 Å². The number of hydrogen-bond donors (Lipinski definition) is 3. The molecule has 1 aliphatic carbocycles. The molecule has 0 spiro atoms. The number of para-hydroxylation sites is 1. The third-order valence-corrected chi connectivity index (χ3v) is 3.97. The van der Waals surface area contributed by atoms with Gasteiger partial charge >= 0.3 is 0 Å². The minimum atomic E-state index is -0.515. The molecule has 1 aromatic rings. The Balaban J connectivity index is 1.71. The first-order valence-corrected chi connectivity index (χ1v) is 7.54. The molecule has 3 N–H and O–H groups in total. The minimum Gasteiger partial charge on any atom is -0.507 e. The first kappa shape index (κ1) is 15.4. The van der Waals surface area contributed by atoms with E-state index in [1.54, 1.807) is 12.1 Å². The van der Waals surface area contributed by atoms with Gasteiger partial charge in [-0.2, -0.15) is 0 Å². The van der Waals surface area contributed by atoms with Gasteiger partial charge in [0.15, 0.2) is 0 Å². The van der Waals surface area contributed by atoms with Gasteiger partial charge < -0.3 is 5.11 Å². The monoisotopic (exact) mass is 290 g/mol. The molecule has 114 valence electrons.